The van der Waals surface area contributed by atoms with Crippen molar-refractivity contribution in [3.05, 3.63) is 56.8 Å². The maximum absolute atomic E-state index is 12.1. The summed E-state index contributed by atoms with van der Waals surface area (Å²) in [5, 5.41) is 10.7. The Balaban J connectivity index is 1.86. The first kappa shape index (κ1) is 12.5. The molecule has 20 heavy (non-hydrogen) atoms. The van der Waals surface area contributed by atoms with Crippen molar-refractivity contribution in [3.63, 3.8) is 0 Å². The molecular weight excluding hydrogens is 260 g/mol. The van der Waals surface area contributed by atoms with Crippen LogP contribution in [0.25, 0.3) is 0 Å². The van der Waals surface area contributed by atoms with Gasteiger partial charge in [0.15, 0.2) is 0 Å². The molecule has 1 aromatic carbocycles. The van der Waals surface area contributed by atoms with Crippen molar-refractivity contribution in [2.75, 3.05) is 5.73 Å². The van der Waals surface area contributed by atoms with E-state index in [9.17, 15) is 14.9 Å². The summed E-state index contributed by atoms with van der Waals surface area (Å²) in [6.45, 7) is 0.362. The molecule has 7 nitrogen and oxygen atoms in total. The lowest BCUT2D eigenvalue weighted by Crippen LogP contribution is -2.23. The number of aromatic nitrogens is 2. The van der Waals surface area contributed by atoms with Crippen LogP contribution in [0.5, 0.6) is 0 Å². The van der Waals surface area contributed by atoms with Crippen LogP contribution in [0, 0.1) is 10.1 Å². The molecule has 1 aliphatic rings. The quantitative estimate of drug-likeness (QED) is 0.519. The smallest absolute Gasteiger partial charge is 0.328 e. The lowest BCUT2D eigenvalue weighted by Gasteiger charge is -2.04. The van der Waals surface area contributed by atoms with E-state index in [2.05, 4.69) is 0 Å². The Hall–Kier alpha value is -2.57. The third-order valence-corrected chi connectivity index (χ3v) is 3.46. The molecule has 1 fully saturated rings. The third kappa shape index (κ3) is 2.18. The Morgan fingerprint density at radius 3 is 2.70 bits per heavy atom. The molecule has 1 aliphatic carbocycles. The second kappa shape index (κ2) is 4.52. The Kier molecular flexibility index (Phi) is 2.81. The molecule has 0 aliphatic heterocycles. The summed E-state index contributed by atoms with van der Waals surface area (Å²) in [7, 11) is 0. The van der Waals surface area contributed by atoms with Crippen LogP contribution in [0.2, 0.25) is 0 Å². The Bertz CT molecular complexity index is 727. The van der Waals surface area contributed by atoms with Crippen molar-refractivity contribution in [1.82, 2.24) is 9.13 Å². The monoisotopic (exact) mass is 274 g/mol. The van der Waals surface area contributed by atoms with Gasteiger partial charge in [0, 0.05) is 24.5 Å². The molecule has 1 aromatic heterocycles. The highest BCUT2D eigenvalue weighted by atomic mass is 16.6. The van der Waals surface area contributed by atoms with Gasteiger partial charge in [-0.2, -0.15) is 0 Å². The number of nitrogens with zero attached hydrogens (tertiary/aromatic N) is 3. The predicted octanol–water partition coefficient (Wildman–Crippen LogP) is 1.52. The molecule has 0 unspecified atom stereocenters. The van der Waals surface area contributed by atoms with E-state index in [-0.39, 0.29) is 17.1 Å². The molecule has 1 saturated carbocycles. The largest absolute Gasteiger partial charge is 0.393 e. The van der Waals surface area contributed by atoms with E-state index in [1.165, 1.54) is 6.07 Å². The summed E-state index contributed by atoms with van der Waals surface area (Å²) < 4.78 is 3.31. The fourth-order valence-electron chi connectivity index (χ4n) is 2.24. The van der Waals surface area contributed by atoms with E-state index in [1.807, 2.05) is 0 Å². The van der Waals surface area contributed by atoms with Crippen molar-refractivity contribution in [2.45, 2.75) is 25.4 Å². The zero-order valence-corrected chi connectivity index (χ0v) is 10.7. The first-order valence-electron chi connectivity index (χ1n) is 6.36. The summed E-state index contributed by atoms with van der Waals surface area (Å²) in [5.41, 5.74) is 6.36. The van der Waals surface area contributed by atoms with Crippen LogP contribution < -0.4 is 11.4 Å². The third-order valence-electron chi connectivity index (χ3n) is 3.46. The molecule has 0 saturated heterocycles. The summed E-state index contributed by atoms with van der Waals surface area (Å²) in [6, 6.07) is 4.87. The second-order valence-corrected chi connectivity index (χ2v) is 5.00. The molecule has 0 spiro atoms. The van der Waals surface area contributed by atoms with Crippen molar-refractivity contribution in [2.24, 2.45) is 0 Å². The van der Waals surface area contributed by atoms with E-state index in [1.54, 1.807) is 33.7 Å². The minimum atomic E-state index is -0.519. The predicted molar refractivity (Wildman–Crippen MR) is 73.6 cm³/mol. The van der Waals surface area contributed by atoms with Gasteiger partial charge in [0.25, 0.3) is 5.69 Å². The molecule has 104 valence electrons. The van der Waals surface area contributed by atoms with Crippen LogP contribution in [-0.2, 0) is 6.54 Å². The van der Waals surface area contributed by atoms with Crippen LogP contribution >= 0.6 is 0 Å². The van der Waals surface area contributed by atoms with Crippen LogP contribution in [0.15, 0.2) is 35.4 Å². The number of nitro groups is 1. The number of hydrogen-bond donors (Lipinski definition) is 1. The van der Waals surface area contributed by atoms with Crippen LogP contribution in [0.3, 0.4) is 0 Å². The van der Waals surface area contributed by atoms with Gasteiger partial charge in [-0.25, -0.2) is 4.79 Å². The SMILES string of the molecule is Nc1cc(Cn2ccn(C3CC3)c2=O)ccc1[N+](=O)[O-]. The zero-order chi connectivity index (χ0) is 14.3. The number of benzene rings is 1. The molecule has 0 bridgehead atoms. The van der Waals surface area contributed by atoms with E-state index in [0.717, 1.165) is 18.4 Å². The lowest BCUT2D eigenvalue weighted by molar-refractivity contribution is -0.383. The summed E-state index contributed by atoms with van der Waals surface area (Å²) in [4.78, 5) is 22.3. The topological polar surface area (TPSA) is 96.1 Å². The molecule has 0 radical (unpaired) electrons. The van der Waals surface area contributed by atoms with Gasteiger partial charge in [-0.15, -0.1) is 0 Å². The van der Waals surface area contributed by atoms with Crippen LogP contribution in [0.1, 0.15) is 24.4 Å². The standard InChI is InChI=1S/C13H14N4O3/c14-11-7-9(1-4-12(11)17(19)20)8-15-5-6-16(13(15)18)10-2-3-10/h1,4-7,10H,2-3,8,14H2. The molecule has 2 N–H and O–H groups in total. The number of imidazole rings is 1. The summed E-state index contributed by atoms with van der Waals surface area (Å²) in [5.74, 6) is 0. The molecule has 1 heterocycles. The van der Waals surface area contributed by atoms with Gasteiger partial charge in [0.05, 0.1) is 11.5 Å². The molecule has 0 atom stereocenters. The Morgan fingerprint density at radius 2 is 2.10 bits per heavy atom. The Labute approximate surface area is 114 Å². The normalized spacial score (nSPS) is 14.4. The molecule has 0 amide bonds. The minimum Gasteiger partial charge on any atom is -0.393 e. The lowest BCUT2D eigenvalue weighted by atomic mass is 10.2. The second-order valence-electron chi connectivity index (χ2n) is 5.00. The zero-order valence-electron chi connectivity index (χ0n) is 10.7. The average molecular weight is 274 g/mol. The molecule has 3 rings (SSSR count). The maximum atomic E-state index is 12.1. The minimum absolute atomic E-state index is 0.0515. The number of nitro benzene ring substituents is 1. The molecule has 2 aromatic rings. The average Bonchev–Trinajstić information content (AvgIpc) is 3.16. The van der Waals surface area contributed by atoms with Crippen molar-refractivity contribution < 1.29 is 4.92 Å². The first-order valence-corrected chi connectivity index (χ1v) is 6.36. The highest BCUT2D eigenvalue weighted by Gasteiger charge is 2.25. The van der Waals surface area contributed by atoms with E-state index in [4.69, 9.17) is 5.73 Å². The number of hydrogen-bond acceptors (Lipinski definition) is 4. The van der Waals surface area contributed by atoms with Crippen LogP contribution in [0.4, 0.5) is 11.4 Å². The van der Waals surface area contributed by atoms with Gasteiger partial charge in [-0.1, -0.05) is 6.07 Å². The number of rotatable bonds is 4. The summed E-state index contributed by atoms with van der Waals surface area (Å²) in [6.07, 6.45) is 5.62. The van der Waals surface area contributed by atoms with Gasteiger partial charge in [0.2, 0.25) is 0 Å². The fourth-order valence-corrected chi connectivity index (χ4v) is 2.24. The van der Waals surface area contributed by atoms with Gasteiger partial charge in [-0.05, 0) is 24.5 Å². The number of nitrogen functional groups attached to an aromatic ring is 1. The van der Waals surface area contributed by atoms with Gasteiger partial charge < -0.3 is 5.73 Å². The van der Waals surface area contributed by atoms with E-state index < -0.39 is 4.92 Å². The molecule has 7 heteroatoms. The van der Waals surface area contributed by atoms with Crippen molar-refractivity contribution >= 4 is 11.4 Å². The maximum Gasteiger partial charge on any atom is 0.328 e. The number of nitrogens with two attached hydrogens (primary N) is 1. The van der Waals surface area contributed by atoms with Crippen molar-refractivity contribution in [1.29, 1.82) is 0 Å². The van der Waals surface area contributed by atoms with Gasteiger partial charge >= 0.3 is 5.69 Å². The molecular formula is C13H14N4O3. The van der Waals surface area contributed by atoms with Crippen molar-refractivity contribution in [3.8, 4) is 0 Å². The van der Waals surface area contributed by atoms with E-state index >= 15 is 0 Å². The number of anilines is 1. The first-order chi connectivity index (χ1) is 9.56. The van der Waals surface area contributed by atoms with Gasteiger partial charge in [-0.3, -0.25) is 19.2 Å². The van der Waals surface area contributed by atoms with Gasteiger partial charge in [0.1, 0.15) is 5.69 Å². The summed E-state index contributed by atoms with van der Waals surface area (Å²) >= 11 is 0. The fraction of sp³-hybridized carbons (Fsp3) is 0.308. The van der Waals surface area contributed by atoms with Crippen LogP contribution in [-0.4, -0.2) is 14.1 Å². The highest BCUT2D eigenvalue weighted by Crippen LogP contribution is 2.33. The highest BCUT2D eigenvalue weighted by molar-refractivity contribution is 5.59. The Morgan fingerprint density at radius 1 is 1.35 bits per heavy atom. The van der Waals surface area contributed by atoms with E-state index in [0.29, 0.717) is 12.6 Å².